The third-order valence-corrected chi connectivity index (χ3v) is 5.36. The van der Waals surface area contributed by atoms with E-state index in [2.05, 4.69) is 5.32 Å². The summed E-state index contributed by atoms with van der Waals surface area (Å²) in [4.78, 5) is 36.5. The van der Waals surface area contributed by atoms with Crippen LogP contribution in [0.3, 0.4) is 0 Å². The van der Waals surface area contributed by atoms with E-state index in [9.17, 15) is 33.6 Å². The highest BCUT2D eigenvalue weighted by Crippen LogP contribution is 2.42. The number of anilines is 1. The van der Waals surface area contributed by atoms with Gasteiger partial charge in [-0.2, -0.15) is 0 Å². The van der Waals surface area contributed by atoms with Gasteiger partial charge in [0.05, 0.1) is 17.2 Å². The zero-order valence-electron chi connectivity index (χ0n) is 20.7. The van der Waals surface area contributed by atoms with Gasteiger partial charge < -0.3 is 14.6 Å². The number of nitro groups is 1. The fourth-order valence-electron chi connectivity index (χ4n) is 3.84. The van der Waals surface area contributed by atoms with Crippen LogP contribution in [0.15, 0.2) is 36.4 Å². The zero-order chi connectivity index (χ0) is 27.5. The Kier molecular flexibility index (Phi) is 7.95. The van der Waals surface area contributed by atoms with E-state index >= 15 is 0 Å². The van der Waals surface area contributed by atoms with E-state index < -0.39 is 40.0 Å². The minimum Gasteiger partial charge on any atom is -0.506 e. The Labute approximate surface area is 211 Å². The quantitative estimate of drug-likeness (QED) is 0.170. The van der Waals surface area contributed by atoms with Crippen molar-refractivity contribution in [1.29, 1.82) is 0 Å². The third kappa shape index (κ3) is 6.11. The average molecular weight is 516 g/mol. The summed E-state index contributed by atoms with van der Waals surface area (Å²) < 4.78 is 38.6. The highest BCUT2D eigenvalue weighted by molar-refractivity contribution is 6.11. The Morgan fingerprint density at radius 2 is 1.81 bits per heavy atom. The van der Waals surface area contributed by atoms with Crippen molar-refractivity contribution in [2.24, 2.45) is 0 Å². The number of non-ortho nitro benzene ring substituents is 1. The molecule has 3 rings (SSSR count). The first-order valence-electron chi connectivity index (χ1n) is 11.4. The number of esters is 1. The van der Waals surface area contributed by atoms with Gasteiger partial charge in [0.1, 0.15) is 16.9 Å². The van der Waals surface area contributed by atoms with Gasteiger partial charge in [-0.3, -0.25) is 15.4 Å². The Morgan fingerprint density at radius 3 is 2.43 bits per heavy atom. The van der Waals surface area contributed by atoms with Crippen LogP contribution in [-0.2, 0) is 22.3 Å². The molecule has 0 aliphatic heterocycles. The molecule has 3 aromatic carbocycles. The van der Waals surface area contributed by atoms with Crippen LogP contribution in [0.25, 0.3) is 10.8 Å². The fourth-order valence-corrected chi connectivity index (χ4v) is 3.84. The molecule has 0 aromatic heterocycles. The van der Waals surface area contributed by atoms with Crippen molar-refractivity contribution < 1.29 is 37.9 Å². The number of nitro benzene ring substituents is 1. The highest BCUT2D eigenvalue weighted by atomic mass is 19.2. The SMILES string of the molecule is CCOC(=O)Nc1c(CCc2cccc(F)c2F)c(C(=O)OC(C)(C)C)c(O)c2ccc([N+](=O)[O-])cc12. The Morgan fingerprint density at radius 1 is 1.11 bits per heavy atom. The molecule has 0 radical (unpaired) electrons. The van der Waals surface area contributed by atoms with Gasteiger partial charge in [0, 0.05) is 22.9 Å². The molecule has 3 aromatic rings. The number of hydrogen-bond donors (Lipinski definition) is 2. The number of rotatable bonds is 7. The average Bonchev–Trinajstić information content (AvgIpc) is 2.80. The van der Waals surface area contributed by atoms with E-state index in [0.29, 0.717) is 0 Å². The maximum Gasteiger partial charge on any atom is 0.411 e. The van der Waals surface area contributed by atoms with Gasteiger partial charge in [-0.25, -0.2) is 18.4 Å². The largest absolute Gasteiger partial charge is 0.506 e. The standard InChI is InChI=1S/C26H26F2N2O7/c1-5-36-25(33)29-22-17(11-9-14-7-6-8-19(27)21(14)28)20(24(32)37-26(2,3)4)23(31)16-12-10-15(30(34)35)13-18(16)22/h6-8,10,12-13,31H,5,9,11H2,1-4H3,(H,29,33). The fraction of sp³-hybridized carbons (Fsp3) is 0.308. The minimum absolute atomic E-state index is 0.00472. The van der Waals surface area contributed by atoms with Crippen molar-refractivity contribution in [3.05, 3.63) is 74.8 Å². The maximum atomic E-state index is 14.4. The molecule has 0 bridgehead atoms. The second-order valence-corrected chi connectivity index (χ2v) is 9.12. The number of nitrogens with one attached hydrogen (secondary N) is 1. The van der Waals surface area contributed by atoms with E-state index in [0.717, 1.165) is 18.2 Å². The summed E-state index contributed by atoms with van der Waals surface area (Å²) in [7, 11) is 0. The lowest BCUT2D eigenvalue weighted by Gasteiger charge is -2.24. The van der Waals surface area contributed by atoms with E-state index in [4.69, 9.17) is 9.47 Å². The van der Waals surface area contributed by atoms with Gasteiger partial charge >= 0.3 is 12.1 Å². The number of carbonyl (C=O) groups is 2. The number of amides is 1. The molecule has 2 N–H and O–H groups in total. The van der Waals surface area contributed by atoms with Crippen LogP contribution in [0.1, 0.15) is 49.2 Å². The molecule has 0 heterocycles. The summed E-state index contributed by atoms with van der Waals surface area (Å²) in [6.07, 6.45) is -1.24. The lowest BCUT2D eigenvalue weighted by Crippen LogP contribution is -2.25. The van der Waals surface area contributed by atoms with Crippen molar-refractivity contribution in [2.75, 3.05) is 11.9 Å². The number of aryl methyl sites for hydroxylation is 1. The molecule has 0 saturated carbocycles. The summed E-state index contributed by atoms with van der Waals surface area (Å²) in [6, 6.07) is 7.14. The number of nitrogens with zero attached hydrogens (tertiary/aromatic N) is 1. The molecule has 11 heteroatoms. The molecule has 0 atom stereocenters. The molecule has 0 saturated heterocycles. The van der Waals surface area contributed by atoms with Crippen LogP contribution in [0.4, 0.5) is 25.0 Å². The molecular weight excluding hydrogens is 490 g/mol. The Balaban J connectivity index is 2.32. The predicted molar refractivity (Wildman–Crippen MR) is 132 cm³/mol. The van der Waals surface area contributed by atoms with Crippen LogP contribution >= 0.6 is 0 Å². The molecule has 0 aliphatic rings. The summed E-state index contributed by atoms with van der Waals surface area (Å²) in [5, 5.41) is 25.1. The van der Waals surface area contributed by atoms with Crippen LogP contribution < -0.4 is 5.32 Å². The molecule has 9 nitrogen and oxygen atoms in total. The second kappa shape index (κ2) is 10.8. The maximum absolute atomic E-state index is 14.4. The number of fused-ring (bicyclic) bond motifs is 1. The first-order valence-corrected chi connectivity index (χ1v) is 11.4. The highest BCUT2D eigenvalue weighted by Gasteiger charge is 2.30. The predicted octanol–water partition coefficient (Wildman–Crippen LogP) is 6.04. The zero-order valence-corrected chi connectivity index (χ0v) is 20.7. The molecule has 0 unspecified atom stereocenters. The lowest BCUT2D eigenvalue weighted by atomic mass is 9.91. The van der Waals surface area contributed by atoms with E-state index in [-0.39, 0.29) is 58.3 Å². The number of halogens is 2. The number of phenolic OH excluding ortho intramolecular Hbond substituents is 1. The van der Waals surface area contributed by atoms with Crippen LogP contribution in [0, 0.1) is 21.7 Å². The molecular formula is C26H26F2N2O7. The summed E-state index contributed by atoms with van der Waals surface area (Å²) >= 11 is 0. The van der Waals surface area contributed by atoms with Gasteiger partial charge in [-0.1, -0.05) is 12.1 Å². The summed E-state index contributed by atoms with van der Waals surface area (Å²) in [5.74, 6) is -3.62. The Hall–Kier alpha value is -4.28. The van der Waals surface area contributed by atoms with Gasteiger partial charge in [0.15, 0.2) is 11.6 Å². The molecule has 0 spiro atoms. The number of ether oxygens (including phenoxy) is 2. The first kappa shape index (κ1) is 27.3. The minimum atomic E-state index is -1.08. The van der Waals surface area contributed by atoms with Gasteiger partial charge in [-0.15, -0.1) is 0 Å². The molecule has 0 aliphatic carbocycles. The van der Waals surface area contributed by atoms with Crippen molar-refractivity contribution in [3.8, 4) is 5.75 Å². The van der Waals surface area contributed by atoms with Crippen molar-refractivity contribution >= 4 is 34.2 Å². The van der Waals surface area contributed by atoms with Gasteiger partial charge in [-0.05, 0) is 63.8 Å². The van der Waals surface area contributed by atoms with Gasteiger partial charge in [0.2, 0.25) is 0 Å². The van der Waals surface area contributed by atoms with E-state index in [1.54, 1.807) is 27.7 Å². The number of phenols is 1. The molecule has 0 fully saturated rings. The second-order valence-electron chi connectivity index (χ2n) is 9.12. The van der Waals surface area contributed by atoms with Gasteiger partial charge in [0.25, 0.3) is 5.69 Å². The molecule has 196 valence electrons. The van der Waals surface area contributed by atoms with Crippen LogP contribution in [-0.4, -0.2) is 34.3 Å². The summed E-state index contributed by atoms with van der Waals surface area (Å²) in [6.45, 7) is 6.42. The number of hydrogen-bond acceptors (Lipinski definition) is 7. The number of benzene rings is 3. The van der Waals surface area contributed by atoms with Crippen molar-refractivity contribution in [2.45, 2.75) is 46.1 Å². The lowest BCUT2D eigenvalue weighted by molar-refractivity contribution is -0.384. The summed E-state index contributed by atoms with van der Waals surface area (Å²) in [5.41, 5.74) is -1.69. The third-order valence-electron chi connectivity index (χ3n) is 5.36. The van der Waals surface area contributed by atoms with Crippen molar-refractivity contribution in [1.82, 2.24) is 0 Å². The first-order chi connectivity index (χ1) is 17.3. The number of carbonyl (C=O) groups excluding carboxylic acids is 2. The molecule has 1 amide bonds. The van der Waals surface area contributed by atoms with E-state index in [1.807, 2.05) is 0 Å². The normalized spacial score (nSPS) is 11.3. The molecule has 37 heavy (non-hydrogen) atoms. The van der Waals surface area contributed by atoms with Crippen molar-refractivity contribution in [3.63, 3.8) is 0 Å². The Bertz CT molecular complexity index is 1380. The monoisotopic (exact) mass is 516 g/mol. The number of aromatic hydroxyl groups is 1. The van der Waals surface area contributed by atoms with Crippen LogP contribution in [0.2, 0.25) is 0 Å². The topological polar surface area (TPSA) is 128 Å². The van der Waals surface area contributed by atoms with Crippen LogP contribution in [0.5, 0.6) is 5.75 Å². The smallest absolute Gasteiger partial charge is 0.411 e. The van der Waals surface area contributed by atoms with E-state index in [1.165, 1.54) is 18.2 Å².